The van der Waals surface area contributed by atoms with Gasteiger partial charge in [-0.15, -0.1) is 0 Å². The van der Waals surface area contributed by atoms with Crippen molar-refractivity contribution in [2.75, 3.05) is 6.61 Å². The van der Waals surface area contributed by atoms with Crippen molar-refractivity contribution in [3.63, 3.8) is 0 Å². The number of nitrogens with two attached hydrogens (primary N) is 1. The Kier molecular flexibility index (Phi) is 3.45. The number of carbonyl (C=O) groups is 1. The summed E-state index contributed by atoms with van der Waals surface area (Å²) in [5.74, 6) is -0.392. The van der Waals surface area contributed by atoms with Crippen LogP contribution in [0.2, 0.25) is 5.02 Å². The van der Waals surface area contributed by atoms with Crippen molar-refractivity contribution in [1.29, 1.82) is 0 Å². The maximum atomic E-state index is 11.6. The van der Waals surface area contributed by atoms with Crippen molar-refractivity contribution in [2.24, 2.45) is 10.7 Å². The Bertz CT molecular complexity index is 556. The summed E-state index contributed by atoms with van der Waals surface area (Å²) in [6, 6.07) is 4.15. The van der Waals surface area contributed by atoms with Crippen LogP contribution in [0.15, 0.2) is 23.2 Å². The molecule has 1 aliphatic heterocycles. The fourth-order valence-corrected chi connectivity index (χ4v) is 1.93. The SMILES string of the molecule is CCOC(=O)C1N=c2ccc(Cl)cc2=CC1N. The van der Waals surface area contributed by atoms with Crippen molar-refractivity contribution in [2.45, 2.75) is 19.0 Å². The van der Waals surface area contributed by atoms with E-state index in [1.165, 1.54) is 0 Å². The highest BCUT2D eigenvalue weighted by molar-refractivity contribution is 6.30. The number of fused-ring (bicyclic) bond motifs is 1. The van der Waals surface area contributed by atoms with Crippen LogP contribution in [-0.4, -0.2) is 24.7 Å². The summed E-state index contributed by atoms with van der Waals surface area (Å²) in [7, 11) is 0. The van der Waals surface area contributed by atoms with E-state index in [1.54, 1.807) is 31.2 Å². The molecule has 0 fully saturated rings. The first-order valence-electron chi connectivity index (χ1n) is 5.39. The summed E-state index contributed by atoms with van der Waals surface area (Å²) in [6.07, 6.45) is 1.79. The van der Waals surface area contributed by atoms with E-state index in [2.05, 4.69) is 4.99 Å². The third kappa shape index (κ3) is 2.48. The second kappa shape index (κ2) is 4.85. The van der Waals surface area contributed by atoms with Gasteiger partial charge in [-0.05, 0) is 30.3 Å². The minimum atomic E-state index is -0.663. The molecule has 0 saturated carbocycles. The fourth-order valence-electron chi connectivity index (χ4n) is 1.75. The average molecular weight is 253 g/mol. The number of benzene rings is 1. The summed E-state index contributed by atoms with van der Waals surface area (Å²) in [5, 5.41) is 2.19. The Labute approximate surface area is 104 Å². The quantitative estimate of drug-likeness (QED) is 0.755. The van der Waals surface area contributed by atoms with Gasteiger partial charge in [-0.1, -0.05) is 17.7 Å². The van der Waals surface area contributed by atoms with Crippen LogP contribution in [0.25, 0.3) is 6.08 Å². The smallest absolute Gasteiger partial charge is 0.332 e. The minimum Gasteiger partial charge on any atom is -0.464 e. The second-order valence-electron chi connectivity index (χ2n) is 3.77. The molecule has 5 heteroatoms. The van der Waals surface area contributed by atoms with Crippen LogP contribution in [0.1, 0.15) is 6.92 Å². The molecule has 90 valence electrons. The van der Waals surface area contributed by atoms with Gasteiger partial charge in [-0.25, -0.2) is 4.79 Å². The van der Waals surface area contributed by atoms with Crippen molar-refractivity contribution in [3.05, 3.63) is 33.8 Å². The topological polar surface area (TPSA) is 64.7 Å². The first-order valence-corrected chi connectivity index (χ1v) is 5.77. The molecule has 1 aromatic carbocycles. The number of hydrogen-bond donors (Lipinski definition) is 1. The highest BCUT2D eigenvalue weighted by Crippen LogP contribution is 2.06. The number of esters is 1. The van der Waals surface area contributed by atoms with E-state index in [4.69, 9.17) is 22.1 Å². The molecular weight excluding hydrogens is 240 g/mol. The molecule has 2 unspecified atom stereocenters. The summed E-state index contributed by atoms with van der Waals surface area (Å²) in [5.41, 5.74) is 5.88. The molecule has 1 heterocycles. The highest BCUT2D eigenvalue weighted by Gasteiger charge is 2.26. The standard InChI is InChI=1S/C12H13ClN2O2/c1-2-17-12(16)11-9(14)6-7-5-8(13)3-4-10(7)15-11/h3-6,9,11H,2,14H2,1H3. The molecule has 2 atom stereocenters. The van der Waals surface area contributed by atoms with E-state index in [-0.39, 0.29) is 0 Å². The summed E-state index contributed by atoms with van der Waals surface area (Å²) in [6.45, 7) is 2.08. The molecule has 2 N–H and O–H groups in total. The van der Waals surface area contributed by atoms with Gasteiger partial charge in [0.1, 0.15) is 0 Å². The van der Waals surface area contributed by atoms with Crippen LogP contribution in [0.4, 0.5) is 0 Å². The summed E-state index contributed by atoms with van der Waals surface area (Å²) >= 11 is 5.88. The second-order valence-corrected chi connectivity index (χ2v) is 4.21. The zero-order valence-electron chi connectivity index (χ0n) is 9.39. The number of hydrogen-bond acceptors (Lipinski definition) is 4. The lowest BCUT2D eigenvalue weighted by atomic mass is 10.0. The minimum absolute atomic E-state index is 0.324. The molecule has 2 rings (SSSR count). The van der Waals surface area contributed by atoms with Gasteiger partial charge in [0.25, 0.3) is 0 Å². The van der Waals surface area contributed by atoms with Gasteiger partial charge in [0.2, 0.25) is 0 Å². The third-order valence-electron chi connectivity index (χ3n) is 2.53. The maximum absolute atomic E-state index is 11.6. The van der Waals surface area contributed by atoms with E-state index in [1.807, 2.05) is 0 Å². The molecule has 17 heavy (non-hydrogen) atoms. The maximum Gasteiger partial charge on any atom is 0.332 e. The van der Waals surface area contributed by atoms with Gasteiger partial charge < -0.3 is 10.5 Å². The third-order valence-corrected chi connectivity index (χ3v) is 2.77. The first kappa shape index (κ1) is 12.1. The Hall–Kier alpha value is -1.39. The monoisotopic (exact) mass is 252 g/mol. The molecule has 0 bridgehead atoms. The van der Waals surface area contributed by atoms with Crippen molar-refractivity contribution >= 4 is 23.6 Å². The molecule has 0 aliphatic carbocycles. The van der Waals surface area contributed by atoms with Gasteiger partial charge in [0.15, 0.2) is 6.04 Å². The number of carbonyl (C=O) groups excluding carboxylic acids is 1. The van der Waals surface area contributed by atoms with Gasteiger partial charge in [-0.3, -0.25) is 4.99 Å². The number of rotatable bonds is 2. The van der Waals surface area contributed by atoms with Crippen LogP contribution < -0.4 is 16.3 Å². The summed E-state index contributed by atoms with van der Waals surface area (Å²) < 4.78 is 4.93. The van der Waals surface area contributed by atoms with Gasteiger partial charge in [0, 0.05) is 5.02 Å². The lowest BCUT2D eigenvalue weighted by Crippen LogP contribution is -2.47. The van der Waals surface area contributed by atoms with E-state index in [9.17, 15) is 4.79 Å². The molecule has 1 aromatic rings. The van der Waals surface area contributed by atoms with Crippen LogP contribution in [0.5, 0.6) is 0 Å². The summed E-state index contributed by atoms with van der Waals surface area (Å²) in [4.78, 5) is 15.9. The Morgan fingerprint density at radius 2 is 2.35 bits per heavy atom. The van der Waals surface area contributed by atoms with Crippen molar-refractivity contribution < 1.29 is 9.53 Å². The lowest BCUT2D eigenvalue weighted by molar-refractivity contribution is -0.144. The zero-order valence-corrected chi connectivity index (χ0v) is 10.1. The average Bonchev–Trinajstić information content (AvgIpc) is 2.28. The Morgan fingerprint density at radius 1 is 1.59 bits per heavy atom. The highest BCUT2D eigenvalue weighted by atomic mass is 35.5. The van der Waals surface area contributed by atoms with Crippen LogP contribution in [-0.2, 0) is 9.53 Å². The van der Waals surface area contributed by atoms with Gasteiger partial charge >= 0.3 is 5.97 Å². The number of halogens is 1. The molecule has 0 amide bonds. The van der Waals surface area contributed by atoms with E-state index in [0.717, 1.165) is 5.22 Å². The van der Waals surface area contributed by atoms with Crippen molar-refractivity contribution in [1.82, 2.24) is 0 Å². The molecule has 0 saturated heterocycles. The molecule has 1 aliphatic rings. The van der Waals surface area contributed by atoms with Crippen molar-refractivity contribution in [3.8, 4) is 0 Å². The molecule has 0 aromatic heterocycles. The van der Waals surface area contributed by atoms with E-state index < -0.39 is 18.1 Å². The fraction of sp³-hybridized carbons (Fsp3) is 0.333. The van der Waals surface area contributed by atoms with Crippen LogP contribution in [0.3, 0.4) is 0 Å². The zero-order chi connectivity index (χ0) is 12.4. The largest absolute Gasteiger partial charge is 0.464 e. The lowest BCUT2D eigenvalue weighted by Gasteiger charge is -2.18. The Balaban J connectivity index is 2.43. The van der Waals surface area contributed by atoms with E-state index in [0.29, 0.717) is 17.0 Å². The Morgan fingerprint density at radius 3 is 3.06 bits per heavy atom. The molecule has 4 nitrogen and oxygen atoms in total. The van der Waals surface area contributed by atoms with E-state index >= 15 is 0 Å². The molecule has 0 spiro atoms. The molecule has 0 radical (unpaired) electrons. The number of nitrogens with zero attached hydrogens (tertiary/aromatic N) is 1. The molecular formula is C12H13ClN2O2. The van der Waals surface area contributed by atoms with Crippen LogP contribution >= 0.6 is 11.6 Å². The van der Waals surface area contributed by atoms with Crippen LogP contribution in [0, 0.1) is 0 Å². The first-order chi connectivity index (χ1) is 8.11. The van der Waals surface area contributed by atoms with Gasteiger partial charge in [0.05, 0.1) is 18.0 Å². The predicted octanol–water partition coefficient (Wildman–Crippen LogP) is 0.0127. The normalized spacial score (nSPS) is 22.1. The predicted molar refractivity (Wildman–Crippen MR) is 65.1 cm³/mol. The van der Waals surface area contributed by atoms with Gasteiger partial charge in [-0.2, -0.15) is 0 Å². The number of ether oxygens (including phenoxy) is 1.